The van der Waals surface area contributed by atoms with Gasteiger partial charge in [-0.05, 0) is 37.3 Å². The van der Waals surface area contributed by atoms with Gasteiger partial charge >= 0.3 is 0 Å². The highest BCUT2D eigenvalue weighted by atomic mass is 32.2. The van der Waals surface area contributed by atoms with Crippen molar-refractivity contribution in [2.45, 2.75) is 37.0 Å². The summed E-state index contributed by atoms with van der Waals surface area (Å²) >= 11 is 1.88. The molecule has 20 heavy (non-hydrogen) atoms. The van der Waals surface area contributed by atoms with Crippen LogP contribution in [-0.4, -0.2) is 28.4 Å². The van der Waals surface area contributed by atoms with Crippen LogP contribution in [0.3, 0.4) is 0 Å². The Labute approximate surface area is 123 Å². The molecule has 2 unspecified atom stereocenters. The number of carbonyl (C=O) groups is 1. The maximum atomic E-state index is 12.6. The number of aromatic nitrogens is 1. The van der Waals surface area contributed by atoms with E-state index in [4.69, 9.17) is 0 Å². The molecule has 1 fully saturated rings. The number of aromatic amines is 1. The molecular weight excluding hydrogens is 268 g/mol. The van der Waals surface area contributed by atoms with Crippen molar-refractivity contribution >= 4 is 28.6 Å². The zero-order valence-electron chi connectivity index (χ0n) is 11.7. The first-order valence-electron chi connectivity index (χ1n) is 7.19. The van der Waals surface area contributed by atoms with E-state index in [1.165, 1.54) is 19.3 Å². The van der Waals surface area contributed by atoms with E-state index in [-0.39, 0.29) is 5.91 Å². The minimum atomic E-state index is 0.0566. The number of hydrogen-bond donors (Lipinski definition) is 2. The molecule has 106 valence electrons. The van der Waals surface area contributed by atoms with E-state index in [1.807, 2.05) is 42.2 Å². The average Bonchev–Trinajstić information content (AvgIpc) is 2.96. The van der Waals surface area contributed by atoms with Gasteiger partial charge in [-0.15, -0.1) is 0 Å². The van der Waals surface area contributed by atoms with Gasteiger partial charge in [-0.1, -0.05) is 18.9 Å². The Balaban J connectivity index is 1.80. The molecule has 4 heteroatoms. The third-order valence-corrected chi connectivity index (χ3v) is 5.33. The monoisotopic (exact) mass is 288 g/mol. The lowest BCUT2D eigenvalue weighted by molar-refractivity contribution is 0.0931. The molecule has 2 atom stereocenters. The van der Waals surface area contributed by atoms with Crippen molar-refractivity contribution in [2.24, 2.45) is 0 Å². The predicted octanol–water partition coefficient (Wildman–Crippen LogP) is 3.57. The summed E-state index contributed by atoms with van der Waals surface area (Å²) in [6.07, 6.45) is 8.83. The van der Waals surface area contributed by atoms with E-state index in [2.05, 4.69) is 16.6 Å². The Morgan fingerprint density at radius 1 is 1.30 bits per heavy atom. The van der Waals surface area contributed by atoms with Gasteiger partial charge in [0.2, 0.25) is 0 Å². The maximum absolute atomic E-state index is 12.6. The van der Waals surface area contributed by atoms with Crippen LogP contribution in [0.15, 0.2) is 30.5 Å². The highest BCUT2D eigenvalue weighted by Crippen LogP contribution is 2.27. The van der Waals surface area contributed by atoms with E-state index in [9.17, 15) is 4.79 Å². The number of fused-ring (bicyclic) bond motifs is 1. The molecule has 2 N–H and O–H groups in total. The molecule has 0 spiro atoms. The number of hydrogen-bond acceptors (Lipinski definition) is 2. The fraction of sp³-hybridized carbons (Fsp3) is 0.438. The zero-order valence-corrected chi connectivity index (χ0v) is 12.5. The largest absolute Gasteiger partial charge is 0.361 e. The number of nitrogens with one attached hydrogen (secondary N) is 2. The van der Waals surface area contributed by atoms with Gasteiger partial charge in [0.1, 0.15) is 0 Å². The van der Waals surface area contributed by atoms with Crippen LogP contribution in [0, 0.1) is 0 Å². The molecule has 0 aliphatic heterocycles. The summed E-state index contributed by atoms with van der Waals surface area (Å²) in [5.74, 6) is 0.0566. The molecule has 1 saturated carbocycles. The molecule has 3 nitrogen and oxygen atoms in total. The topological polar surface area (TPSA) is 44.9 Å². The van der Waals surface area contributed by atoms with Gasteiger partial charge in [0, 0.05) is 34.0 Å². The van der Waals surface area contributed by atoms with Crippen LogP contribution >= 0.6 is 11.8 Å². The molecule has 1 aromatic heterocycles. The van der Waals surface area contributed by atoms with Crippen LogP contribution in [-0.2, 0) is 0 Å². The fourth-order valence-corrected chi connectivity index (χ4v) is 4.01. The fourth-order valence-electron chi connectivity index (χ4n) is 3.07. The van der Waals surface area contributed by atoms with Gasteiger partial charge < -0.3 is 10.3 Å². The van der Waals surface area contributed by atoms with Crippen molar-refractivity contribution in [3.63, 3.8) is 0 Å². The van der Waals surface area contributed by atoms with E-state index in [0.717, 1.165) is 22.9 Å². The standard InChI is InChI=1S/C16H20N2OS/c1-20-15-8-3-2-6-14(15)18-16(19)12-5-4-7-13-11(12)9-10-17-13/h4-5,7,9-10,14-15,17H,2-3,6,8H2,1H3,(H,18,19). The molecule has 1 aromatic carbocycles. The molecule has 1 aliphatic rings. The summed E-state index contributed by atoms with van der Waals surface area (Å²) in [6.45, 7) is 0. The van der Waals surface area contributed by atoms with Crippen molar-refractivity contribution in [1.29, 1.82) is 0 Å². The summed E-state index contributed by atoms with van der Waals surface area (Å²) in [7, 11) is 0. The second-order valence-electron chi connectivity index (χ2n) is 5.38. The highest BCUT2D eigenvalue weighted by molar-refractivity contribution is 7.99. The van der Waals surface area contributed by atoms with E-state index in [0.29, 0.717) is 11.3 Å². The number of H-pyrrole nitrogens is 1. The first-order valence-corrected chi connectivity index (χ1v) is 8.48. The Kier molecular flexibility index (Phi) is 4.01. The quantitative estimate of drug-likeness (QED) is 0.907. The number of carbonyl (C=O) groups excluding carboxylic acids is 1. The Morgan fingerprint density at radius 2 is 2.15 bits per heavy atom. The second-order valence-corrected chi connectivity index (χ2v) is 6.46. The summed E-state index contributed by atoms with van der Waals surface area (Å²) in [5, 5.41) is 4.80. The van der Waals surface area contributed by atoms with Crippen molar-refractivity contribution < 1.29 is 4.79 Å². The number of rotatable bonds is 3. The third-order valence-electron chi connectivity index (χ3n) is 4.16. The van der Waals surface area contributed by atoms with E-state index >= 15 is 0 Å². The molecule has 0 radical (unpaired) electrons. The zero-order chi connectivity index (χ0) is 13.9. The van der Waals surface area contributed by atoms with Gasteiger partial charge in [0.25, 0.3) is 5.91 Å². The normalized spacial score (nSPS) is 22.9. The molecule has 1 heterocycles. The number of thioether (sulfide) groups is 1. The van der Waals surface area contributed by atoms with Gasteiger partial charge in [-0.25, -0.2) is 0 Å². The maximum Gasteiger partial charge on any atom is 0.252 e. The van der Waals surface area contributed by atoms with Gasteiger partial charge in [-0.2, -0.15) is 11.8 Å². The van der Waals surface area contributed by atoms with Crippen LogP contribution in [0.25, 0.3) is 10.9 Å². The summed E-state index contributed by atoms with van der Waals surface area (Å²) < 4.78 is 0. The van der Waals surface area contributed by atoms with Crippen LogP contribution in [0.4, 0.5) is 0 Å². The Morgan fingerprint density at radius 3 is 3.00 bits per heavy atom. The van der Waals surface area contributed by atoms with Crippen molar-refractivity contribution in [2.75, 3.05) is 6.26 Å². The lowest BCUT2D eigenvalue weighted by atomic mass is 9.94. The first-order chi connectivity index (χ1) is 9.79. The molecule has 0 bridgehead atoms. The molecule has 2 aromatic rings. The molecule has 1 aliphatic carbocycles. The predicted molar refractivity (Wildman–Crippen MR) is 85.3 cm³/mol. The van der Waals surface area contributed by atoms with Gasteiger partial charge in [0.05, 0.1) is 0 Å². The van der Waals surface area contributed by atoms with E-state index < -0.39 is 0 Å². The lowest BCUT2D eigenvalue weighted by Gasteiger charge is -2.31. The van der Waals surface area contributed by atoms with Gasteiger partial charge in [0.15, 0.2) is 0 Å². The Hall–Kier alpha value is -1.42. The third kappa shape index (κ3) is 2.57. The molecule has 1 amide bonds. The van der Waals surface area contributed by atoms with E-state index in [1.54, 1.807) is 0 Å². The summed E-state index contributed by atoms with van der Waals surface area (Å²) in [4.78, 5) is 15.7. The highest BCUT2D eigenvalue weighted by Gasteiger charge is 2.26. The minimum Gasteiger partial charge on any atom is -0.361 e. The van der Waals surface area contributed by atoms with Crippen molar-refractivity contribution in [3.05, 3.63) is 36.0 Å². The van der Waals surface area contributed by atoms with Gasteiger partial charge in [-0.3, -0.25) is 4.79 Å². The van der Waals surface area contributed by atoms with Crippen molar-refractivity contribution in [1.82, 2.24) is 10.3 Å². The van der Waals surface area contributed by atoms with Crippen LogP contribution in [0.2, 0.25) is 0 Å². The molecule has 0 saturated heterocycles. The molecular formula is C16H20N2OS. The molecule has 3 rings (SSSR count). The first kappa shape index (κ1) is 13.6. The summed E-state index contributed by atoms with van der Waals surface area (Å²) in [6, 6.07) is 8.11. The summed E-state index contributed by atoms with van der Waals surface area (Å²) in [5.41, 5.74) is 1.79. The second kappa shape index (κ2) is 5.92. The lowest BCUT2D eigenvalue weighted by Crippen LogP contribution is -2.43. The van der Waals surface area contributed by atoms with Crippen molar-refractivity contribution in [3.8, 4) is 0 Å². The SMILES string of the molecule is CSC1CCCCC1NC(=O)c1cccc2[nH]ccc12. The van der Waals surface area contributed by atoms with Crippen LogP contribution in [0.5, 0.6) is 0 Å². The average molecular weight is 288 g/mol. The van der Waals surface area contributed by atoms with Crippen LogP contribution < -0.4 is 5.32 Å². The number of benzene rings is 1. The number of amides is 1. The Bertz CT molecular complexity index is 607. The smallest absolute Gasteiger partial charge is 0.252 e. The van der Waals surface area contributed by atoms with Crippen LogP contribution in [0.1, 0.15) is 36.0 Å². The minimum absolute atomic E-state index is 0.0566.